The number of anilines is 1. The van der Waals surface area contributed by atoms with Crippen LogP contribution in [0.1, 0.15) is 39.6 Å². The lowest BCUT2D eigenvalue weighted by atomic mass is 9.81. The van der Waals surface area contributed by atoms with Crippen LogP contribution >= 0.6 is 0 Å². The fourth-order valence-electron chi connectivity index (χ4n) is 3.46. The Morgan fingerprint density at radius 2 is 1.71 bits per heavy atom. The van der Waals surface area contributed by atoms with Crippen LogP contribution in [-0.4, -0.2) is 32.3 Å². The van der Waals surface area contributed by atoms with Crippen LogP contribution in [0.25, 0.3) is 0 Å². The molecular weight excluding hydrogens is 465 g/mol. The highest BCUT2D eigenvalue weighted by molar-refractivity contribution is 5.96. The summed E-state index contributed by atoms with van der Waals surface area (Å²) in [5.41, 5.74) is 4.43. The fourth-order valence-corrected chi connectivity index (χ4v) is 3.46. The standard InChI is InChI=1S/C25H25F3N2O5/c1-24(25(26,27)28)11-10-21(35-20-7-5-4-6-16(20)22(31)33-2)19(13-24)30-18-9-8-15(14-29)12-17(18)23(32)34-3/h4-10,12-13,30H,11,14,29H2,1-3H3. The monoisotopic (exact) mass is 490 g/mol. The Balaban J connectivity index is 2.07. The first-order chi connectivity index (χ1) is 16.5. The van der Waals surface area contributed by atoms with Gasteiger partial charge in [-0.1, -0.05) is 18.2 Å². The zero-order chi connectivity index (χ0) is 25.8. The summed E-state index contributed by atoms with van der Waals surface area (Å²) in [6.45, 7) is 1.21. The molecular formula is C25H25F3N2O5. The van der Waals surface area contributed by atoms with E-state index in [1.165, 1.54) is 44.6 Å². The van der Waals surface area contributed by atoms with E-state index in [0.717, 1.165) is 13.0 Å². The highest BCUT2D eigenvalue weighted by Crippen LogP contribution is 2.46. The molecule has 7 nitrogen and oxygen atoms in total. The summed E-state index contributed by atoms with van der Waals surface area (Å²) in [6.07, 6.45) is -2.66. The number of ether oxygens (including phenoxy) is 3. The first-order valence-corrected chi connectivity index (χ1v) is 10.6. The predicted molar refractivity (Wildman–Crippen MR) is 123 cm³/mol. The summed E-state index contributed by atoms with van der Waals surface area (Å²) in [7, 11) is 2.40. The quantitative estimate of drug-likeness (QED) is 0.530. The molecule has 35 heavy (non-hydrogen) atoms. The smallest absolute Gasteiger partial charge is 0.397 e. The maximum absolute atomic E-state index is 13.9. The van der Waals surface area contributed by atoms with Gasteiger partial charge in [0.2, 0.25) is 0 Å². The van der Waals surface area contributed by atoms with Crippen molar-refractivity contribution in [2.24, 2.45) is 11.1 Å². The van der Waals surface area contributed by atoms with Crippen molar-refractivity contribution in [3.05, 3.63) is 82.8 Å². The lowest BCUT2D eigenvalue weighted by Gasteiger charge is -2.33. The zero-order valence-electron chi connectivity index (χ0n) is 19.4. The fraction of sp³-hybridized carbons (Fsp3) is 0.280. The molecule has 0 aromatic heterocycles. The molecule has 0 saturated heterocycles. The van der Waals surface area contributed by atoms with Crippen LogP contribution in [-0.2, 0) is 16.0 Å². The molecule has 3 rings (SSSR count). The van der Waals surface area contributed by atoms with Crippen LogP contribution in [0.4, 0.5) is 18.9 Å². The van der Waals surface area contributed by atoms with Crippen LogP contribution in [0.15, 0.2) is 66.1 Å². The van der Waals surface area contributed by atoms with Crippen LogP contribution in [0.5, 0.6) is 5.75 Å². The number of hydrogen-bond acceptors (Lipinski definition) is 7. The predicted octanol–water partition coefficient (Wildman–Crippen LogP) is 4.95. The molecule has 0 aliphatic heterocycles. The number of nitrogens with two attached hydrogens (primary N) is 1. The Labute approximate surface area is 200 Å². The third kappa shape index (κ3) is 5.48. The van der Waals surface area contributed by atoms with Gasteiger partial charge in [0, 0.05) is 6.54 Å². The van der Waals surface area contributed by atoms with E-state index in [0.29, 0.717) is 5.56 Å². The molecule has 3 N–H and O–H groups in total. The summed E-state index contributed by atoms with van der Waals surface area (Å²) in [5, 5.41) is 2.89. The van der Waals surface area contributed by atoms with Gasteiger partial charge in [-0.05, 0) is 55.3 Å². The highest BCUT2D eigenvalue weighted by atomic mass is 19.4. The molecule has 0 saturated carbocycles. The van der Waals surface area contributed by atoms with Crippen LogP contribution in [0, 0.1) is 5.41 Å². The number of esters is 2. The van der Waals surface area contributed by atoms with Crippen LogP contribution < -0.4 is 15.8 Å². The van der Waals surface area contributed by atoms with Gasteiger partial charge in [-0.25, -0.2) is 9.59 Å². The van der Waals surface area contributed by atoms with Gasteiger partial charge in [-0.3, -0.25) is 0 Å². The molecule has 0 spiro atoms. The van der Waals surface area contributed by atoms with E-state index in [-0.39, 0.29) is 40.6 Å². The molecule has 0 heterocycles. The molecule has 10 heteroatoms. The van der Waals surface area contributed by atoms with Crippen molar-refractivity contribution in [1.82, 2.24) is 0 Å². The number of carbonyl (C=O) groups excluding carboxylic acids is 2. The van der Waals surface area contributed by atoms with Crippen molar-refractivity contribution in [2.75, 3.05) is 19.5 Å². The summed E-state index contributed by atoms with van der Waals surface area (Å²) in [5.74, 6) is -1.22. The van der Waals surface area contributed by atoms with E-state index in [4.69, 9.17) is 19.9 Å². The number of alkyl halides is 3. The van der Waals surface area contributed by atoms with Crippen molar-refractivity contribution in [1.29, 1.82) is 0 Å². The molecule has 1 aliphatic carbocycles. The van der Waals surface area contributed by atoms with Crippen molar-refractivity contribution in [3.8, 4) is 5.75 Å². The van der Waals surface area contributed by atoms with E-state index in [1.54, 1.807) is 18.2 Å². The Hall–Kier alpha value is -3.79. The van der Waals surface area contributed by atoms with Gasteiger partial charge in [0.15, 0.2) is 0 Å². The van der Waals surface area contributed by atoms with E-state index in [9.17, 15) is 22.8 Å². The van der Waals surface area contributed by atoms with Gasteiger partial charge in [-0.2, -0.15) is 13.2 Å². The molecule has 1 unspecified atom stereocenters. The number of para-hydroxylation sites is 1. The second-order valence-corrected chi connectivity index (χ2v) is 8.04. The Kier molecular flexibility index (Phi) is 7.54. The normalized spacial score (nSPS) is 17.7. The maximum atomic E-state index is 13.9. The van der Waals surface area contributed by atoms with Crippen molar-refractivity contribution >= 4 is 17.6 Å². The summed E-state index contributed by atoms with van der Waals surface area (Å²) in [6, 6.07) is 10.8. The van der Waals surface area contributed by atoms with Gasteiger partial charge in [-0.15, -0.1) is 0 Å². The first kappa shape index (κ1) is 25.8. The minimum Gasteiger partial charge on any atom is -0.465 e. The van der Waals surface area contributed by atoms with Crippen molar-refractivity contribution < 1.29 is 37.0 Å². The largest absolute Gasteiger partial charge is 0.465 e. The Morgan fingerprint density at radius 1 is 1.06 bits per heavy atom. The van der Waals surface area contributed by atoms with E-state index in [2.05, 4.69) is 5.32 Å². The molecule has 0 radical (unpaired) electrons. The minimum atomic E-state index is -4.56. The van der Waals surface area contributed by atoms with Gasteiger partial charge >= 0.3 is 18.1 Å². The van der Waals surface area contributed by atoms with E-state index in [1.807, 2.05) is 0 Å². The number of rotatable bonds is 7. The average molecular weight is 490 g/mol. The minimum absolute atomic E-state index is 0.0404. The third-order valence-electron chi connectivity index (χ3n) is 5.59. The summed E-state index contributed by atoms with van der Waals surface area (Å²) < 4.78 is 57.1. The lowest BCUT2D eigenvalue weighted by molar-refractivity contribution is -0.199. The molecule has 0 amide bonds. The topological polar surface area (TPSA) is 99.9 Å². The average Bonchev–Trinajstić information content (AvgIpc) is 2.84. The Bertz CT molecular complexity index is 1190. The summed E-state index contributed by atoms with van der Waals surface area (Å²) in [4.78, 5) is 24.5. The zero-order valence-corrected chi connectivity index (χ0v) is 19.4. The number of nitrogens with one attached hydrogen (secondary N) is 1. The maximum Gasteiger partial charge on any atom is 0.397 e. The molecule has 0 fully saturated rings. The SMILES string of the molecule is COC(=O)c1cc(CN)ccc1NC1=CC(C)(C(F)(F)F)CC=C1Oc1ccccc1C(=O)OC. The second-order valence-electron chi connectivity index (χ2n) is 8.04. The van der Waals surface area contributed by atoms with E-state index >= 15 is 0 Å². The van der Waals surface area contributed by atoms with Crippen molar-refractivity contribution in [3.63, 3.8) is 0 Å². The molecule has 186 valence electrons. The van der Waals surface area contributed by atoms with Crippen molar-refractivity contribution in [2.45, 2.75) is 26.1 Å². The van der Waals surface area contributed by atoms with Gasteiger partial charge < -0.3 is 25.3 Å². The number of allylic oxidation sites excluding steroid dienone is 2. The lowest BCUT2D eigenvalue weighted by Crippen LogP contribution is -2.36. The molecule has 0 bridgehead atoms. The van der Waals surface area contributed by atoms with Crippen LogP contribution in [0.3, 0.4) is 0 Å². The second kappa shape index (κ2) is 10.2. The number of hydrogen-bond donors (Lipinski definition) is 2. The molecule has 2 aromatic carbocycles. The van der Waals surface area contributed by atoms with E-state index < -0.39 is 30.0 Å². The number of benzene rings is 2. The molecule has 1 atom stereocenters. The molecule has 1 aliphatic rings. The van der Waals surface area contributed by atoms with Gasteiger partial charge in [0.05, 0.1) is 36.6 Å². The number of halogens is 3. The number of methoxy groups -OCH3 is 2. The number of carbonyl (C=O) groups is 2. The first-order valence-electron chi connectivity index (χ1n) is 10.6. The van der Waals surface area contributed by atoms with Gasteiger partial charge in [0.1, 0.15) is 17.1 Å². The highest BCUT2D eigenvalue weighted by Gasteiger charge is 2.50. The molecule has 2 aromatic rings. The third-order valence-corrected chi connectivity index (χ3v) is 5.59. The summed E-state index contributed by atoms with van der Waals surface area (Å²) >= 11 is 0. The Morgan fingerprint density at radius 3 is 2.34 bits per heavy atom. The van der Waals surface area contributed by atoms with Crippen LogP contribution in [0.2, 0.25) is 0 Å². The van der Waals surface area contributed by atoms with Gasteiger partial charge in [0.25, 0.3) is 0 Å².